The van der Waals surface area contributed by atoms with E-state index in [9.17, 15) is 21.8 Å². The lowest BCUT2D eigenvalue weighted by molar-refractivity contribution is 0.0557. The molecule has 0 aromatic heterocycles. The van der Waals surface area contributed by atoms with Crippen LogP contribution in [0.1, 0.15) is 16.7 Å². The number of hydrogen-bond donors (Lipinski definition) is 3. The number of nitrogens with two attached hydrogens (primary N) is 1. The van der Waals surface area contributed by atoms with Crippen molar-refractivity contribution in [2.75, 3.05) is 5.75 Å². The first-order valence-corrected chi connectivity index (χ1v) is 13.0. The molecule has 29 heavy (non-hydrogen) atoms. The maximum Gasteiger partial charge on any atom is 0.399 e. The van der Waals surface area contributed by atoms with Gasteiger partial charge in [0.05, 0.1) is 4.90 Å². The van der Waals surface area contributed by atoms with E-state index in [0.717, 1.165) is 6.07 Å². The predicted octanol–water partition coefficient (Wildman–Crippen LogP) is 4.27. The van der Waals surface area contributed by atoms with Crippen molar-refractivity contribution in [2.45, 2.75) is 16.3 Å². The molecule has 0 aliphatic carbocycles. The van der Waals surface area contributed by atoms with Crippen LogP contribution in [0.3, 0.4) is 0 Å². The predicted molar refractivity (Wildman–Crippen MR) is 113 cm³/mol. The zero-order valence-corrected chi connectivity index (χ0v) is 18.8. The van der Waals surface area contributed by atoms with Crippen LogP contribution >= 0.6 is 35.3 Å². The summed E-state index contributed by atoms with van der Waals surface area (Å²) in [5.41, 5.74) is -3.68. The third kappa shape index (κ3) is 6.45. The molecule has 0 unspecified atom stereocenters. The summed E-state index contributed by atoms with van der Waals surface area (Å²) in [6.07, 6.45) is 3.56. The van der Waals surface area contributed by atoms with Crippen molar-refractivity contribution >= 4 is 51.4 Å². The summed E-state index contributed by atoms with van der Waals surface area (Å²) in [5, 5.41) is 5.09. The number of primary sulfonamides is 1. The zero-order valence-electron chi connectivity index (χ0n) is 14.7. The minimum Gasteiger partial charge on any atom is -0.320 e. The van der Waals surface area contributed by atoms with E-state index >= 15 is 0 Å². The molecule has 12 heteroatoms. The molecule has 0 fully saturated rings. The van der Waals surface area contributed by atoms with Crippen molar-refractivity contribution in [2.24, 2.45) is 5.14 Å². The molecule has 0 radical (unpaired) electrons. The van der Waals surface area contributed by atoms with E-state index in [4.69, 9.17) is 14.9 Å². The molecule has 0 aliphatic rings. The Morgan fingerprint density at radius 3 is 2.48 bits per heavy atom. The van der Waals surface area contributed by atoms with Gasteiger partial charge in [-0.2, -0.15) is 20.5 Å². The summed E-state index contributed by atoms with van der Waals surface area (Å²) in [6.45, 7) is 0. The monoisotopic (exact) mass is 527 g/mol. The molecule has 0 heterocycles. The van der Waals surface area contributed by atoms with Crippen molar-refractivity contribution in [3.8, 4) is 0 Å². The van der Waals surface area contributed by atoms with Gasteiger partial charge in [-0.05, 0) is 29.3 Å². The van der Waals surface area contributed by atoms with E-state index < -0.39 is 28.8 Å². The number of thioether (sulfide) groups is 1. The van der Waals surface area contributed by atoms with Crippen LogP contribution in [0.25, 0.3) is 6.08 Å². The van der Waals surface area contributed by atoms with Crippen molar-refractivity contribution in [1.82, 2.24) is 0 Å². The fraction of sp³-hybridized carbons (Fsp3) is 0.176. The summed E-state index contributed by atoms with van der Waals surface area (Å²) in [4.78, 5) is 17.7. The van der Waals surface area contributed by atoms with Gasteiger partial charge in [0.2, 0.25) is 10.0 Å². The van der Waals surface area contributed by atoms with Gasteiger partial charge in [-0.15, -0.1) is 0 Å². The number of sulfonamides is 1. The molecule has 0 spiro atoms. The minimum absolute atomic E-state index is 0.0179. The second kappa shape index (κ2) is 9.38. The number of halogens is 3. The van der Waals surface area contributed by atoms with Crippen LogP contribution in [0.4, 0.5) is 8.78 Å². The molecule has 2 aromatic rings. The number of alkyl halides is 2. The summed E-state index contributed by atoms with van der Waals surface area (Å²) in [7, 11) is -9.40. The Labute approximate surface area is 179 Å². The van der Waals surface area contributed by atoms with Gasteiger partial charge >= 0.3 is 13.3 Å². The normalized spacial score (nSPS) is 13.2. The third-order valence-electron chi connectivity index (χ3n) is 3.70. The van der Waals surface area contributed by atoms with Crippen molar-refractivity contribution < 1.29 is 31.6 Å². The lowest BCUT2D eigenvalue weighted by atomic mass is 10.1. The van der Waals surface area contributed by atoms with E-state index in [1.165, 1.54) is 36.0 Å². The smallest absolute Gasteiger partial charge is 0.320 e. The SMILES string of the molecule is NS(=O)(=O)c1cccc(C=CCSCc2ccc(C(F)(F)P(=O)(O)O)c(Br)c2)c1. The molecule has 0 atom stereocenters. The van der Waals surface area contributed by atoms with Gasteiger partial charge in [0.15, 0.2) is 0 Å². The summed E-state index contributed by atoms with van der Waals surface area (Å²) < 4.78 is 61.2. The van der Waals surface area contributed by atoms with Crippen LogP contribution < -0.4 is 5.14 Å². The highest BCUT2D eigenvalue weighted by Gasteiger charge is 2.51. The van der Waals surface area contributed by atoms with E-state index in [1.54, 1.807) is 18.2 Å². The first-order chi connectivity index (χ1) is 13.3. The van der Waals surface area contributed by atoms with E-state index in [0.29, 0.717) is 22.6 Å². The fourth-order valence-corrected chi connectivity index (χ4v) is 4.94. The minimum atomic E-state index is -5.63. The second-order valence-electron chi connectivity index (χ2n) is 5.93. The third-order valence-corrected chi connectivity index (χ3v) is 7.21. The van der Waals surface area contributed by atoms with Gasteiger partial charge in [0.1, 0.15) is 0 Å². The van der Waals surface area contributed by atoms with Gasteiger partial charge < -0.3 is 9.79 Å². The molecule has 0 aliphatic heterocycles. The average Bonchev–Trinajstić information content (AvgIpc) is 2.60. The highest BCUT2D eigenvalue weighted by Crippen LogP contribution is 2.60. The van der Waals surface area contributed by atoms with Crippen LogP contribution in [0.5, 0.6) is 0 Å². The highest BCUT2D eigenvalue weighted by molar-refractivity contribution is 9.10. The van der Waals surface area contributed by atoms with Gasteiger partial charge in [-0.3, -0.25) is 4.57 Å². The summed E-state index contributed by atoms with van der Waals surface area (Å²) >= 11 is 4.42. The molecule has 0 saturated carbocycles. The number of benzene rings is 2. The second-order valence-corrected chi connectivity index (χ2v) is 11.0. The Bertz CT molecular complexity index is 1070. The Balaban J connectivity index is 1.97. The largest absolute Gasteiger partial charge is 0.399 e. The van der Waals surface area contributed by atoms with Gasteiger partial charge in [-0.1, -0.05) is 52.3 Å². The summed E-state index contributed by atoms with van der Waals surface area (Å²) in [6, 6.07) is 9.94. The molecule has 2 aromatic carbocycles. The first-order valence-electron chi connectivity index (χ1n) is 7.92. The van der Waals surface area contributed by atoms with E-state index in [1.807, 2.05) is 6.08 Å². The lowest BCUT2D eigenvalue weighted by Gasteiger charge is -2.19. The van der Waals surface area contributed by atoms with Crippen LogP contribution in [0.2, 0.25) is 0 Å². The lowest BCUT2D eigenvalue weighted by Crippen LogP contribution is -2.14. The maximum atomic E-state index is 13.8. The van der Waals surface area contributed by atoms with Crippen LogP contribution in [0.15, 0.2) is 57.9 Å². The molecule has 4 N–H and O–H groups in total. The Morgan fingerprint density at radius 1 is 1.21 bits per heavy atom. The molecule has 158 valence electrons. The average molecular weight is 528 g/mol. The topological polar surface area (TPSA) is 118 Å². The van der Waals surface area contributed by atoms with Crippen LogP contribution in [0, 0.1) is 0 Å². The zero-order chi connectivity index (χ0) is 21.9. The molecule has 0 saturated heterocycles. The molecule has 6 nitrogen and oxygen atoms in total. The molecular weight excluding hydrogens is 511 g/mol. The maximum absolute atomic E-state index is 13.8. The van der Waals surface area contributed by atoms with Crippen molar-refractivity contribution in [1.29, 1.82) is 0 Å². The fourth-order valence-electron chi connectivity index (χ4n) is 2.27. The molecule has 0 bridgehead atoms. The first kappa shape index (κ1) is 24.2. The van der Waals surface area contributed by atoms with Gasteiger partial charge in [0.25, 0.3) is 0 Å². The van der Waals surface area contributed by atoms with Gasteiger partial charge in [0, 0.05) is 21.5 Å². The standard InChI is InChI=1S/C17H17BrF2NO5PS2/c18-16-10-13(6-7-15(16)17(19,20)27(22,23)24)11-28-8-2-4-12-3-1-5-14(9-12)29(21,25)26/h1-7,9-10H,8,11H2,(H2,21,25,26)(H2,22,23,24). The Kier molecular flexibility index (Phi) is 7.83. The van der Waals surface area contributed by atoms with Gasteiger partial charge in [-0.25, -0.2) is 13.6 Å². The summed E-state index contributed by atoms with van der Waals surface area (Å²) in [5.74, 6) is 1.04. The van der Waals surface area contributed by atoms with Crippen molar-refractivity contribution in [3.05, 3.63) is 69.7 Å². The molecule has 2 rings (SSSR count). The number of hydrogen-bond acceptors (Lipinski definition) is 4. The Hall–Kier alpha value is -1.07. The van der Waals surface area contributed by atoms with Crippen molar-refractivity contribution in [3.63, 3.8) is 0 Å². The van der Waals surface area contributed by atoms with E-state index in [2.05, 4.69) is 15.9 Å². The molecule has 0 amide bonds. The quantitative estimate of drug-likeness (QED) is 0.348. The number of rotatable bonds is 8. The van der Waals surface area contributed by atoms with Crippen LogP contribution in [-0.4, -0.2) is 24.0 Å². The highest BCUT2D eigenvalue weighted by atomic mass is 79.9. The van der Waals surface area contributed by atoms with E-state index in [-0.39, 0.29) is 9.37 Å². The molecular formula is C17H17BrF2NO5PS2. The van der Waals surface area contributed by atoms with Crippen LogP contribution in [-0.2, 0) is 26.0 Å². The Morgan fingerprint density at radius 2 is 1.90 bits per heavy atom.